The van der Waals surface area contributed by atoms with Gasteiger partial charge in [-0.15, -0.1) is 0 Å². The van der Waals surface area contributed by atoms with Crippen molar-refractivity contribution >= 4 is 15.4 Å². The Hall–Kier alpha value is -3.77. The first kappa shape index (κ1) is 33.6. The van der Waals surface area contributed by atoms with Crippen LogP contribution < -0.4 is 20.7 Å². The molecule has 4 aromatic rings. The molecule has 0 spiro atoms. The fraction of sp³-hybridized carbons (Fsp3) is 0.333. The van der Waals surface area contributed by atoms with Crippen LogP contribution in [-0.2, 0) is 28.6 Å². The number of aromatic amines is 1. The first-order valence-electron chi connectivity index (χ1n) is 14.6. The summed E-state index contributed by atoms with van der Waals surface area (Å²) in [5.74, 6) is 1.39. The molecule has 13 heteroatoms. The van der Waals surface area contributed by atoms with Gasteiger partial charge < -0.3 is 18.9 Å². The van der Waals surface area contributed by atoms with Crippen molar-refractivity contribution in [2.75, 3.05) is 35.0 Å². The maximum Gasteiger partial charge on any atom is 0.330 e. The number of hydrogen-bond acceptors (Lipinski definition) is 9. The van der Waals surface area contributed by atoms with E-state index in [1.807, 2.05) is 78.9 Å². The lowest BCUT2D eigenvalue weighted by Gasteiger charge is -2.38. The summed E-state index contributed by atoms with van der Waals surface area (Å²) >= 11 is 0. The van der Waals surface area contributed by atoms with E-state index in [9.17, 15) is 9.59 Å². The number of methoxy groups -OCH3 is 2. The monoisotopic (exact) mass is 647 g/mol. The summed E-state index contributed by atoms with van der Waals surface area (Å²) in [6.07, 6.45) is -0.572. The third kappa shape index (κ3) is 6.83. The summed E-state index contributed by atoms with van der Waals surface area (Å²) in [7, 11) is 9.12. The maximum absolute atomic E-state index is 12.8. The number of benzene rings is 3. The van der Waals surface area contributed by atoms with Gasteiger partial charge in [-0.25, -0.2) is 18.4 Å². The number of rotatable bonds is 13. The van der Waals surface area contributed by atoms with Crippen molar-refractivity contribution < 1.29 is 32.5 Å². The van der Waals surface area contributed by atoms with Crippen molar-refractivity contribution in [1.82, 2.24) is 9.55 Å². The fourth-order valence-electron chi connectivity index (χ4n) is 5.56. The van der Waals surface area contributed by atoms with Gasteiger partial charge in [0.1, 0.15) is 43.4 Å². The minimum Gasteiger partial charge on any atom is -0.497 e. The van der Waals surface area contributed by atoms with Gasteiger partial charge in [0, 0.05) is 18.2 Å². The summed E-state index contributed by atoms with van der Waals surface area (Å²) in [6, 6.07) is 25.2. The van der Waals surface area contributed by atoms with Gasteiger partial charge in [-0.1, -0.05) is 54.6 Å². The van der Waals surface area contributed by atoms with Gasteiger partial charge in [-0.05, 0) is 47.9 Å². The van der Waals surface area contributed by atoms with Crippen molar-refractivity contribution in [3.8, 4) is 11.5 Å². The van der Waals surface area contributed by atoms with Crippen LogP contribution >= 0.6 is 7.82 Å². The Kier molecular flexibility index (Phi) is 10.5. The lowest BCUT2D eigenvalue weighted by Crippen LogP contribution is -2.38. The molecule has 0 saturated carbocycles. The number of nitrogens with zero attached hydrogens (tertiary/aromatic N) is 1. The molecule has 1 fully saturated rings. The molecule has 3 aromatic carbocycles. The zero-order chi connectivity index (χ0) is 32.9. The SMILES string of the molecule is [B-][P+](OC)(OC)O[C@H]1C[C@H](n2cc(C)c(=O)[nH]c2=O)O[C@@H]1COC(c1ccccc1)(c1ccc(OC)cc1)c1ccc(OC)cc1. The van der Waals surface area contributed by atoms with Crippen LogP contribution in [-0.4, -0.2) is 64.4 Å². The van der Waals surface area contributed by atoms with Gasteiger partial charge in [0.15, 0.2) is 0 Å². The van der Waals surface area contributed by atoms with Gasteiger partial charge in [-0.2, -0.15) is 7.57 Å². The van der Waals surface area contributed by atoms with E-state index >= 15 is 0 Å². The van der Waals surface area contributed by atoms with Gasteiger partial charge in [0.25, 0.3) is 5.56 Å². The molecular weight excluding hydrogens is 610 g/mol. The molecule has 5 rings (SSSR count). The topological polar surface area (TPSA) is 119 Å². The van der Waals surface area contributed by atoms with Crippen molar-refractivity contribution in [3.05, 3.63) is 128 Å². The second kappa shape index (κ2) is 14.3. The minimum absolute atomic E-state index is 0.00136. The Bertz CT molecular complexity index is 1660. The van der Waals surface area contributed by atoms with E-state index in [0.29, 0.717) is 17.1 Å². The predicted molar refractivity (Wildman–Crippen MR) is 174 cm³/mol. The molecule has 0 bridgehead atoms. The quantitative estimate of drug-likeness (QED) is 0.125. The Morgan fingerprint density at radius 1 is 0.870 bits per heavy atom. The third-order valence-corrected chi connectivity index (χ3v) is 9.65. The van der Waals surface area contributed by atoms with Crippen LogP contribution in [0.5, 0.6) is 11.5 Å². The summed E-state index contributed by atoms with van der Waals surface area (Å²) in [6.45, 7) is 1.61. The lowest BCUT2D eigenvalue weighted by atomic mass is 9.80. The summed E-state index contributed by atoms with van der Waals surface area (Å²) < 4.78 is 42.7. The average Bonchev–Trinajstić information content (AvgIpc) is 3.49. The van der Waals surface area contributed by atoms with E-state index in [4.69, 9.17) is 40.1 Å². The van der Waals surface area contributed by atoms with Crippen LogP contribution in [0.15, 0.2) is 94.6 Å². The van der Waals surface area contributed by atoms with Crippen molar-refractivity contribution in [1.29, 1.82) is 0 Å². The fourth-order valence-corrected chi connectivity index (χ4v) is 6.48. The average molecular weight is 647 g/mol. The normalized spacial score (nSPS) is 18.4. The Labute approximate surface area is 269 Å². The smallest absolute Gasteiger partial charge is 0.330 e. The second-order valence-corrected chi connectivity index (χ2v) is 12.7. The molecular formula is C33H37BN2O9P. The minimum atomic E-state index is -3.23. The van der Waals surface area contributed by atoms with Crippen LogP contribution in [0, 0.1) is 6.92 Å². The first-order chi connectivity index (χ1) is 22.2. The molecule has 1 aromatic heterocycles. The summed E-state index contributed by atoms with van der Waals surface area (Å²) in [5.41, 5.74) is 0.676. The lowest BCUT2D eigenvalue weighted by molar-refractivity contribution is -0.0930. The molecule has 3 radical (unpaired) electrons. The number of aromatic nitrogens is 2. The largest absolute Gasteiger partial charge is 0.497 e. The standard InChI is InChI=1S/C33H36BN2O9P/c1-22-20-36(32(38)35-31(22)37)30-19-28(45-46(34,41-4)42-5)29(44-30)21-43-33(23-9-7-6-8-10-23,24-11-15-26(39-2)16-12-24)25-13-17-27(40-3)18-14-25/h6-18,20,28-30H,19,21H2,1-5H3/q-1/p+1/t28-,29+,30+/m0/s1. The van der Waals surface area contributed by atoms with Crippen molar-refractivity contribution in [3.63, 3.8) is 0 Å². The number of ether oxygens (including phenoxy) is 4. The van der Waals surface area contributed by atoms with Gasteiger partial charge in [0.05, 0.1) is 35.0 Å². The summed E-state index contributed by atoms with van der Waals surface area (Å²) in [4.78, 5) is 27.3. The van der Waals surface area contributed by atoms with Crippen LogP contribution in [0.25, 0.3) is 0 Å². The van der Waals surface area contributed by atoms with Gasteiger partial charge >= 0.3 is 5.69 Å². The van der Waals surface area contributed by atoms with Crippen molar-refractivity contribution in [2.24, 2.45) is 0 Å². The number of H-pyrrole nitrogens is 1. The van der Waals surface area contributed by atoms with Crippen LogP contribution in [0.4, 0.5) is 0 Å². The number of hydrogen-bond donors (Lipinski definition) is 1. The summed E-state index contributed by atoms with van der Waals surface area (Å²) in [5, 5.41) is 0. The molecule has 0 amide bonds. The highest BCUT2D eigenvalue weighted by molar-refractivity contribution is 7.85. The van der Waals surface area contributed by atoms with E-state index in [0.717, 1.165) is 16.7 Å². The van der Waals surface area contributed by atoms with Gasteiger partial charge in [-0.3, -0.25) is 14.3 Å². The highest BCUT2D eigenvalue weighted by Gasteiger charge is 2.45. The zero-order valence-corrected chi connectivity index (χ0v) is 27.3. The Balaban J connectivity index is 1.59. The van der Waals surface area contributed by atoms with Crippen molar-refractivity contribution in [2.45, 2.75) is 37.4 Å². The van der Waals surface area contributed by atoms with Crippen LogP contribution in [0.2, 0.25) is 0 Å². The zero-order valence-electron chi connectivity index (χ0n) is 26.4. The predicted octanol–water partition coefficient (Wildman–Crippen LogP) is 4.68. The molecule has 3 atom stereocenters. The van der Waals surface area contributed by atoms with Crippen LogP contribution in [0.1, 0.15) is 34.9 Å². The molecule has 1 aliphatic rings. The second-order valence-electron chi connectivity index (χ2n) is 10.7. The van der Waals surface area contributed by atoms with E-state index < -0.39 is 43.1 Å². The van der Waals surface area contributed by atoms with E-state index in [1.54, 1.807) is 21.1 Å². The molecule has 0 aliphatic carbocycles. The molecule has 2 heterocycles. The molecule has 0 unspecified atom stereocenters. The molecule has 1 N–H and O–H groups in total. The van der Waals surface area contributed by atoms with E-state index in [-0.39, 0.29) is 13.0 Å². The number of aryl methyl sites for hydroxylation is 1. The maximum atomic E-state index is 12.8. The molecule has 1 aliphatic heterocycles. The Morgan fingerprint density at radius 3 is 1.93 bits per heavy atom. The van der Waals surface area contributed by atoms with Gasteiger partial charge in [0.2, 0.25) is 0 Å². The van der Waals surface area contributed by atoms with Crippen LogP contribution in [0.3, 0.4) is 0 Å². The molecule has 241 valence electrons. The Morgan fingerprint density at radius 2 is 1.41 bits per heavy atom. The van der Waals surface area contributed by atoms with E-state index in [2.05, 4.69) is 4.98 Å². The highest BCUT2D eigenvalue weighted by atomic mass is 31.2. The molecule has 1 saturated heterocycles. The highest BCUT2D eigenvalue weighted by Crippen LogP contribution is 2.58. The number of nitrogens with one attached hydrogen (secondary N) is 1. The third-order valence-electron chi connectivity index (χ3n) is 8.07. The molecule has 11 nitrogen and oxygen atoms in total. The van der Waals surface area contributed by atoms with E-state index in [1.165, 1.54) is 25.0 Å². The molecule has 46 heavy (non-hydrogen) atoms. The first-order valence-corrected chi connectivity index (χ1v) is 16.2.